The summed E-state index contributed by atoms with van der Waals surface area (Å²) in [5, 5.41) is 30.6. The number of thiol groups is 1. The normalized spacial score (nSPS) is 14.5. The van der Waals surface area contributed by atoms with Gasteiger partial charge in [-0.25, -0.2) is 4.79 Å². The smallest absolute Gasteiger partial charge is 0.327 e. The highest BCUT2D eigenvalue weighted by molar-refractivity contribution is 7.80. The zero-order chi connectivity index (χ0) is 17.3. The summed E-state index contributed by atoms with van der Waals surface area (Å²) in [5.74, 6) is -4.36. The van der Waals surface area contributed by atoms with Crippen LogP contribution in [0.3, 0.4) is 0 Å². The van der Waals surface area contributed by atoms with Crippen LogP contribution in [-0.4, -0.2) is 69.6 Å². The van der Waals surface area contributed by atoms with Crippen molar-refractivity contribution in [1.82, 2.24) is 10.6 Å². The quantitative estimate of drug-likeness (QED) is 0.208. The summed E-state index contributed by atoms with van der Waals surface area (Å²) in [4.78, 5) is 44.6. The van der Waals surface area contributed by atoms with Crippen LogP contribution in [0, 0.1) is 0 Å². The predicted molar refractivity (Wildman–Crippen MR) is 77.3 cm³/mol. The molecule has 0 aromatic heterocycles. The summed E-state index contributed by atoms with van der Waals surface area (Å²) < 4.78 is 0. The number of nitrogens with one attached hydrogen (secondary N) is 2. The number of hydrogen-bond acceptors (Lipinski definition) is 7. The number of amides is 2. The average molecular weight is 337 g/mol. The second kappa shape index (κ2) is 9.97. The van der Waals surface area contributed by atoms with Crippen LogP contribution in [0.15, 0.2) is 0 Å². The zero-order valence-corrected chi connectivity index (χ0v) is 12.5. The Morgan fingerprint density at radius 2 is 1.59 bits per heavy atom. The molecule has 0 radical (unpaired) electrons. The third-order valence-electron chi connectivity index (χ3n) is 2.62. The predicted octanol–water partition coefficient (Wildman–Crippen LogP) is -2.85. The Labute approximate surface area is 131 Å². The standard InChI is InChI=1S/C11H19N3O7S/c12-5(1-2-8(16)17)9(18)13-6(3-15)10(19)14-7(4-22)11(20)21/h5-7,15,22H,1-4,12H2,(H,13,18)(H,14,19)(H,16,17)(H,20,21)/t5-,6-,7-/m0/s1. The number of aliphatic hydroxyl groups excluding tert-OH is 1. The lowest BCUT2D eigenvalue weighted by molar-refractivity contribution is -0.141. The summed E-state index contributed by atoms with van der Waals surface area (Å²) in [6.45, 7) is -0.776. The van der Waals surface area contributed by atoms with Crippen LogP contribution in [0.25, 0.3) is 0 Å². The van der Waals surface area contributed by atoms with E-state index in [1.54, 1.807) is 0 Å². The van der Waals surface area contributed by atoms with Crippen molar-refractivity contribution in [3.8, 4) is 0 Å². The molecule has 0 spiro atoms. The van der Waals surface area contributed by atoms with Crippen molar-refractivity contribution in [2.45, 2.75) is 31.0 Å². The van der Waals surface area contributed by atoms with Gasteiger partial charge in [-0.2, -0.15) is 12.6 Å². The lowest BCUT2D eigenvalue weighted by atomic mass is 10.1. The van der Waals surface area contributed by atoms with Gasteiger partial charge in [-0.1, -0.05) is 0 Å². The first kappa shape index (κ1) is 20.1. The summed E-state index contributed by atoms with van der Waals surface area (Å²) in [7, 11) is 0. The second-order valence-corrected chi connectivity index (χ2v) is 4.73. The van der Waals surface area contributed by atoms with Gasteiger partial charge in [0.15, 0.2) is 0 Å². The van der Waals surface area contributed by atoms with Gasteiger partial charge in [0.05, 0.1) is 12.6 Å². The minimum absolute atomic E-state index is 0.144. The third-order valence-corrected chi connectivity index (χ3v) is 2.98. The topological polar surface area (TPSA) is 179 Å². The van der Waals surface area contributed by atoms with Crippen LogP contribution in [0.1, 0.15) is 12.8 Å². The largest absolute Gasteiger partial charge is 0.481 e. The van der Waals surface area contributed by atoms with Gasteiger partial charge < -0.3 is 31.7 Å². The van der Waals surface area contributed by atoms with Crippen molar-refractivity contribution >= 4 is 36.4 Å². The van der Waals surface area contributed by atoms with Crippen molar-refractivity contribution in [2.75, 3.05) is 12.4 Å². The van der Waals surface area contributed by atoms with Crippen molar-refractivity contribution in [3.05, 3.63) is 0 Å². The molecular weight excluding hydrogens is 318 g/mol. The number of carboxylic acids is 2. The molecule has 0 bridgehead atoms. The molecule has 3 atom stereocenters. The first-order valence-corrected chi connectivity index (χ1v) is 6.88. The van der Waals surface area contributed by atoms with E-state index in [4.69, 9.17) is 21.1 Å². The van der Waals surface area contributed by atoms with E-state index in [-0.39, 0.29) is 18.6 Å². The number of carbonyl (C=O) groups is 4. The molecule has 0 heterocycles. The highest BCUT2D eigenvalue weighted by Crippen LogP contribution is 1.97. The van der Waals surface area contributed by atoms with E-state index in [2.05, 4.69) is 23.3 Å². The van der Waals surface area contributed by atoms with Crippen LogP contribution in [0.4, 0.5) is 0 Å². The molecule has 0 unspecified atom stereocenters. The van der Waals surface area contributed by atoms with Gasteiger partial charge in [0.25, 0.3) is 0 Å². The van der Waals surface area contributed by atoms with Crippen molar-refractivity contribution in [2.24, 2.45) is 5.73 Å². The molecular formula is C11H19N3O7S. The fourth-order valence-electron chi connectivity index (χ4n) is 1.34. The molecule has 0 aliphatic heterocycles. The maximum atomic E-state index is 11.8. The second-order valence-electron chi connectivity index (χ2n) is 4.36. The Bertz CT molecular complexity index is 432. The number of carboxylic acid groups (broad SMARTS) is 2. The number of aliphatic carboxylic acids is 2. The zero-order valence-electron chi connectivity index (χ0n) is 11.6. The van der Waals surface area contributed by atoms with Crippen molar-refractivity contribution < 1.29 is 34.5 Å². The van der Waals surface area contributed by atoms with E-state index in [1.807, 2.05) is 0 Å². The molecule has 0 aliphatic rings. The molecule has 22 heavy (non-hydrogen) atoms. The summed E-state index contributed by atoms with van der Waals surface area (Å²) in [6.07, 6.45) is -0.472. The average Bonchev–Trinajstić information content (AvgIpc) is 2.46. The third kappa shape index (κ3) is 7.24. The van der Waals surface area contributed by atoms with Gasteiger partial charge in [0.2, 0.25) is 11.8 Å². The van der Waals surface area contributed by atoms with Gasteiger partial charge in [-0.3, -0.25) is 14.4 Å². The van der Waals surface area contributed by atoms with Gasteiger partial charge in [0.1, 0.15) is 12.1 Å². The van der Waals surface area contributed by atoms with E-state index in [0.717, 1.165) is 0 Å². The fraction of sp³-hybridized carbons (Fsp3) is 0.636. The van der Waals surface area contributed by atoms with Crippen LogP contribution >= 0.6 is 12.6 Å². The molecule has 0 fully saturated rings. The maximum Gasteiger partial charge on any atom is 0.327 e. The molecule has 0 aromatic rings. The van der Waals surface area contributed by atoms with Crippen molar-refractivity contribution in [1.29, 1.82) is 0 Å². The number of nitrogens with two attached hydrogens (primary N) is 1. The van der Waals surface area contributed by atoms with Gasteiger partial charge >= 0.3 is 11.9 Å². The molecule has 7 N–H and O–H groups in total. The summed E-state index contributed by atoms with van der Waals surface area (Å²) >= 11 is 3.76. The Morgan fingerprint density at radius 1 is 1.05 bits per heavy atom. The van der Waals surface area contributed by atoms with Crippen LogP contribution in [-0.2, 0) is 19.2 Å². The SMILES string of the molecule is N[C@@H](CCC(=O)O)C(=O)N[C@@H](CO)C(=O)N[C@@H](CS)C(=O)O. The number of carbonyl (C=O) groups excluding carboxylic acids is 2. The number of aliphatic hydroxyl groups is 1. The highest BCUT2D eigenvalue weighted by Gasteiger charge is 2.26. The Hall–Kier alpha value is -1.85. The monoisotopic (exact) mass is 337 g/mol. The lowest BCUT2D eigenvalue weighted by Crippen LogP contribution is -2.56. The molecule has 0 saturated heterocycles. The Kier molecular flexibility index (Phi) is 9.13. The van der Waals surface area contributed by atoms with E-state index < -0.39 is 48.5 Å². The highest BCUT2D eigenvalue weighted by atomic mass is 32.1. The van der Waals surface area contributed by atoms with Gasteiger partial charge in [0, 0.05) is 12.2 Å². The molecule has 11 heteroatoms. The minimum atomic E-state index is -1.40. The van der Waals surface area contributed by atoms with Gasteiger partial charge in [-0.15, -0.1) is 0 Å². The van der Waals surface area contributed by atoms with Crippen LogP contribution < -0.4 is 16.4 Å². The molecule has 2 amide bonds. The first-order chi connectivity index (χ1) is 10.2. The molecule has 126 valence electrons. The summed E-state index contributed by atoms with van der Waals surface area (Å²) in [5.41, 5.74) is 5.45. The minimum Gasteiger partial charge on any atom is -0.481 e. The lowest BCUT2D eigenvalue weighted by Gasteiger charge is -2.20. The van der Waals surface area contributed by atoms with Crippen LogP contribution in [0.5, 0.6) is 0 Å². The fourth-order valence-corrected chi connectivity index (χ4v) is 1.59. The molecule has 0 rings (SSSR count). The van der Waals surface area contributed by atoms with Crippen LogP contribution in [0.2, 0.25) is 0 Å². The number of rotatable bonds is 10. The van der Waals surface area contributed by atoms with E-state index >= 15 is 0 Å². The summed E-state index contributed by atoms with van der Waals surface area (Å²) in [6, 6.07) is -3.84. The van der Waals surface area contributed by atoms with E-state index in [9.17, 15) is 19.2 Å². The molecule has 0 saturated carbocycles. The Morgan fingerprint density at radius 3 is 2.00 bits per heavy atom. The number of hydrogen-bond donors (Lipinski definition) is 7. The molecule has 0 aromatic carbocycles. The molecule has 0 aliphatic carbocycles. The first-order valence-electron chi connectivity index (χ1n) is 6.25. The van der Waals surface area contributed by atoms with E-state index in [0.29, 0.717) is 0 Å². The maximum absolute atomic E-state index is 11.8. The molecule has 10 nitrogen and oxygen atoms in total. The van der Waals surface area contributed by atoms with E-state index in [1.165, 1.54) is 0 Å². The Balaban J connectivity index is 4.57. The van der Waals surface area contributed by atoms with Crippen molar-refractivity contribution in [3.63, 3.8) is 0 Å². The van der Waals surface area contributed by atoms with Gasteiger partial charge in [-0.05, 0) is 6.42 Å².